The lowest BCUT2D eigenvalue weighted by molar-refractivity contribution is -0.120. The average Bonchev–Trinajstić information content (AvgIpc) is 2.22. The van der Waals surface area contributed by atoms with Gasteiger partial charge in [-0.25, -0.2) is 8.78 Å². The number of carbonyl (C=O) groups is 1. The van der Waals surface area contributed by atoms with Crippen molar-refractivity contribution in [2.24, 2.45) is 5.73 Å². The van der Waals surface area contributed by atoms with Gasteiger partial charge in [0.1, 0.15) is 6.61 Å². The summed E-state index contributed by atoms with van der Waals surface area (Å²) in [6.07, 6.45) is 0.943. The van der Waals surface area contributed by atoms with Crippen LogP contribution in [0.15, 0.2) is 0 Å². The summed E-state index contributed by atoms with van der Waals surface area (Å²) < 4.78 is 29.8. The van der Waals surface area contributed by atoms with Gasteiger partial charge in [0.15, 0.2) is 0 Å². The van der Waals surface area contributed by atoms with Crippen LogP contribution in [0.5, 0.6) is 0 Å². The van der Waals surface area contributed by atoms with Gasteiger partial charge in [-0.05, 0) is 6.42 Å². The van der Waals surface area contributed by atoms with Crippen molar-refractivity contribution in [2.45, 2.75) is 25.7 Å². The Hall–Kier alpha value is -0.750. The lowest BCUT2D eigenvalue weighted by atomic mass is 10.3. The molecule has 0 aromatic rings. The van der Waals surface area contributed by atoms with E-state index in [-0.39, 0.29) is 12.5 Å². The second-order valence-electron chi connectivity index (χ2n) is 3.17. The minimum absolute atomic E-state index is 0.0534. The molecule has 0 aromatic carbocycles. The smallest absolute Gasteiger partial charge is 0.282 e. The Morgan fingerprint density at radius 1 is 1.53 bits per heavy atom. The van der Waals surface area contributed by atoms with Crippen LogP contribution in [0.25, 0.3) is 0 Å². The van der Waals surface area contributed by atoms with E-state index in [9.17, 15) is 13.6 Å². The lowest BCUT2D eigenvalue weighted by Crippen LogP contribution is -2.33. The molecule has 0 radical (unpaired) electrons. The summed E-state index contributed by atoms with van der Waals surface area (Å²) in [7, 11) is 0. The molecule has 0 aliphatic carbocycles. The van der Waals surface area contributed by atoms with E-state index in [1.54, 1.807) is 6.92 Å². The van der Waals surface area contributed by atoms with Crippen molar-refractivity contribution in [3.05, 3.63) is 0 Å². The highest BCUT2D eigenvalue weighted by atomic mass is 19.3. The van der Waals surface area contributed by atoms with Crippen molar-refractivity contribution < 1.29 is 18.3 Å². The van der Waals surface area contributed by atoms with E-state index in [0.717, 1.165) is 0 Å². The largest absolute Gasteiger partial charge is 0.375 e. The van der Waals surface area contributed by atoms with Crippen molar-refractivity contribution in [1.82, 2.24) is 5.32 Å². The number of carbonyl (C=O) groups excluding carboxylic acids is 1. The summed E-state index contributed by atoms with van der Waals surface area (Å²) in [5.41, 5.74) is 4.82. The van der Waals surface area contributed by atoms with Crippen LogP contribution in [0.2, 0.25) is 0 Å². The van der Waals surface area contributed by atoms with E-state index < -0.39 is 19.1 Å². The maximum Gasteiger partial charge on any atom is 0.282 e. The molecule has 6 heteroatoms. The Morgan fingerprint density at radius 2 is 2.20 bits per heavy atom. The van der Waals surface area contributed by atoms with Gasteiger partial charge in [-0.1, -0.05) is 6.92 Å². The van der Waals surface area contributed by atoms with Gasteiger partial charge < -0.3 is 15.8 Å². The Labute approximate surface area is 88.2 Å². The average molecular weight is 224 g/mol. The molecule has 0 bridgehead atoms. The number of ether oxygens (including phenoxy) is 1. The number of halogens is 2. The van der Waals surface area contributed by atoms with Gasteiger partial charge >= 0.3 is 0 Å². The zero-order valence-corrected chi connectivity index (χ0v) is 8.89. The highest BCUT2D eigenvalue weighted by Crippen LogP contribution is 2.10. The van der Waals surface area contributed by atoms with E-state index in [0.29, 0.717) is 19.4 Å². The number of alkyl halides is 2. The Kier molecular flexibility index (Phi) is 7.15. The molecule has 3 N–H and O–H groups in total. The molecule has 0 saturated carbocycles. The molecule has 0 heterocycles. The zero-order chi connectivity index (χ0) is 11.7. The van der Waals surface area contributed by atoms with Gasteiger partial charge in [0.2, 0.25) is 5.91 Å². The van der Waals surface area contributed by atoms with E-state index in [1.807, 2.05) is 0 Å². The molecule has 0 aromatic heterocycles. The van der Waals surface area contributed by atoms with Gasteiger partial charge in [-0.2, -0.15) is 0 Å². The molecule has 15 heavy (non-hydrogen) atoms. The van der Waals surface area contributed by atoms with Gasteiger partial charge in [0, 0.05) is 19.6 Å². The summed E-state index contributed by atoms with van der Waals surface area (Å²) in [6.45, 7) is 1.01. The highest BCUT2D eigenvalue weighted by Gasteiger charge is 2.26. The van der Waals surface area contributed by atoms with E-state index >= 15 is 0 Å². The molecule has 0 unspecified atom stereocenters. The fourth-order valence-corrected chi connectivity index (χ4v) is 0.807. The minimum atomic E-state index is -2.95. The SMILES string of the molecule is CCC(=O)NCCCOCC(F)(F)CN. The maximum absolute atomic E-state index is 12.5. The topological polar surface area (TPSA) is 64.3 Å². The second-order valence-corrected chi connectivity index (χ2v) is 3.17. The van der Waals surface area contributed by atoms with E-state index in [2.05, 4.69) is 5.32 Å². The summed E-state index contributed by atoms with van der Waals surface area (Å²) in [5.74, 6) is -3.01. The fourth-order valence-electron chi connectivity index (χ4n) is 0.807. The molecule has 0 saturated heterocycles. The molecule has 0 fully saturated rings. The first kappa shape index (κ1) is 14.2. The van der Waals surface area contributed by atoms with Crippen molar-refractivity contribution in [3.63, 3.8) is 0 Å². The first-order chi connectivity index (χ1) is 7.02. The fraction of sp³-hybridized carbons (Fsp3) is 0.889. The van der Waals surface area contributed by atoms with Crippen LogP contribution in [0.4, 0.5) is 8.78 Å². The monoisotopic (exact) mass is 224 g/mol. The molecule has 0 aliphatic heterocycles. The van der Waals surface area contributed by atoms with Crippen molar-refractivity contribution in [3.8, 4) is 0 Å². The van der Waals surface area contributed by atoms with Crippen LogP contribution in [0, 0.1) is 0 Å². The molecule has 0 rings (SSSR count). The molecule has 0 spiro atoms. The summed E-state index contributed by atoms with van der Waals surface area (Å²) in [6, 6.07) is 0. The normalized spacial score (nSPS) is 11.5. The molecule has 0 atom stereocenters. The predicted octanol–water partition coefficient (Wildman–Crippen LogP) is 0.513. The van der Waals surface area contributed by atoms with Crippen LogP contribution in [-0.2, 0) is 9.53 Å². The van der Waals surface area contributed by atoms with Crippen LogP contribution < -0.4 is 11.1 Å². The second kappa shape index (κ2) is 7.53. The number of hydrogen-bond acceptors (Lipinski definition) is 3. The van der Waals surface area contributed by atoms with Gasteiger partial charge in [-0.15, -0.1) is 0 Å². The van der Waals surface area contributed by atoms with Gasteiger partial charge in [0.05, 0.1) is 6.54 Å². The quantitative estimate of drug-likeness (QED) is 0.590. The van der Waals surface area contributed by atoms with Crippen molar-refractivity contribution in [2.75, 3.05) is 26.3 Å². The molecule has 0 aliphatic rings. The van der Waals surface area contributed by atoms with Crippen molar-refractivity contribution >= 4 is 5.91 Å². The predicted molar refractivity (Wildman–Crippen MR) is 52.7 cm³/mol. The first-order valence-corrected chi connectivity index (χ1v) is 4.94. The van der Waals surface area contributed by atoms with Gasteiger partial charge in [0.25, 0.3) is 5.92 Å². The van der Waals surface area contributed by atoms with Crippen LogP contribution >= 0.6 is 0 Å². The number of nitrogens with two attached hydrogens (primary N) is 1. The van der Waals surface area contributed by atoms with Gasteiger partial charge in [-0.3, -0.25) is 4.79 Å². The maximum atomic E-state index is 12.5. The Morgan fingerprint density at radius 3 is 2.73 bits per heavy atom. The van der Waals surface area contributed by atoms with E-state index in [4.69, 9.17) is 10.5 Å². The third kappa shape index (κ3) is 8.26. The highest BCUT2D eigenvalue weighted by molar-refractivity contribution is 5.75. The summed E-state index contributed by atoms with van der Waals surface area (Å²) in [4.78, 5) is 10.8. The third-order valence-corrected chi connectivity index (χ3v) is 1.72. The van der Waals surface area contributed by atoms with Crippen LogP contribution in [-0.4, -0.2) is 38.1 Å². The summed E-state index contributed by atoms with van der Waals surface area (Å²) in [5, 5.41) is 2.61. The molecular weight excluding hydrogens is 206 g/mol. The van der Waals surface area contributed by atoms with E-state index in [1.165, 1.54) is 0 Å². The number of rotatable bonds is 8. The lowest BCUT2D eigenvalue weighted by Gasteiger charge is -2.13. The molecule has 4 nitrogen and oxygen atoms in total. The van der Waals surface area contributed by atoms with Crippen LogP contribution in [0.3, 0.4) is 0 Å². The Balaban J connectivity index is 3.29. The minimum Gasteiger partial charge on any atom is -0.375 e. The third-order valence-electron chi connectivity index (χ3n) is 1.72. The molecule has 1 amide bonds. The number of hydrogen-bond donors (Lipinski definition) is 2. The number of nitrogens with one attached hydrogen (secondary N) is 1. The first-order valence-electron chi connectivity index (χ1n) is 4.94. The van der Waals surface area contributed by atoms with Crippen LogP contribution in [0.1, 0.15) is 19.8 Å². The molecule has 90 valence electrons. The molecular formula is C9H18F2N2O2. The standard InChI is InChI=1S/C9H18F2N2O2/c1-2-8(14)13-4-3-5-15-7-9(10,11)6-12/h2-7,12H2,1H3,(H,13,14). The van der Waals surface area contributed by atoms with Crippen molar-refractivity contribution in [1.29, 1.82) is 0 Å². The summed E-state index contributed by atoms with van der Waals surface area (Å²) >= 11 is 0. The number of amides is 1. The Bertz CT molecular complexity index is 189. The zero-order valence-electron chi connectivity index (χ0n) is 8.89.